The SMILES string of the molecule is O=C1NC(c2ccc(C(F)(F)F)cc2)CN1CCO. The molecule has 0 radical (unpaired) electrons. The van der Waals surface area contributed by atoms with Gasteiger partial charge >= 0.3 is 12.2 Å². The second kappa shape index (κ2) is 5.08. The fourth-order valence-electron chi connectivity index (χ4n) is 2.00. The first-order chi connectivity index (χ1) is 8.91. The van der Waals surface area contributed by atoms with Crippen LogP contribution in [-0.4, -0.2) is 35.7 Å². The van der Waals surface area contributed by atoms with E-state index in [-0.39, 0.29) is 25.2 Å². The number of carbonyl (C=O) groups excluding carboxylic acids is 1. The van der Waals surface area contributed by atoms with Crippen molar-refractivity contribution in [3.8, 4) is 0 Å². The molecule has 2 N–H and O–H groups in total. The number of carbonyl (C=O) groups is 1. The summed E-state index contributed by atoms with van der Waals surface area (Å²) in [5.41, 5.74) is -0.102. The minimum Gasteiger partial charge on any atom is -0.395 e. The summed E-state index contributed by atoms with van der Waals surface area (Å²) in [4.78, 5) is 12.9. The maximum Gasteiger partial charge on any atom is 0.416 e. The van der Waals surface area contributed by atoms with E-state index >= 15 is 0 Å². The summed E-state index contributed by atoms with van der Waals surface area (Å²) in [5.74, 6) is 0. The predicted molar refractivity (Wildman–Crippen MR) is 61.4 cm³/mol. The maximum absolute atomic E-state index is 12.4. The normalized spacial score (nSPS) is 19.7. The molecule has 0 saturated carbocycles. The Labute approximate surface area is 107 Å². The average molecular weight is 274 g/mol. The molecule has 1 aliphatic rings. The van der Waals surface area contributed by atoms with Crippen molar-refractivity contribution in [3.63, 3.8) is 0 Å². The molecule has 0 aliphatic carbocycles. The van der Waals surface area contributed by atoms with Crippen molar-refractivity contribution in [1.82, 2.24) is 10.2 Å². The standard InChI is InChI=1S/C12H13F3N2O2/c13-12(14,15)9-3-1-8(2-4-9)10-7-17(5-6-18)11(19)16-10/h1-4,10,18H,5-7H2,(H,16,19). The van der Waals surface area contributed by atoms with Crippen molar-refractivity contribution in [3.05, 3.63) is 35.4 Å². The van der Waals surface area contributed by atoms with Gasteiger partial charge in [-0.05, 0) is 17.7 Å². The zero-order valence-electron chi connectivity index (χ0n) is 9.94. The number of aliphatic hydroxyl groups excluding tert-OH is 1. The molecule has 0 aromatic heterocycles. The minimum atomic E-state index is -4.36. The number of hydrogen-bond acceptors (Lipinski definition) is 2. The number of benzene rings is 1. The Kier molecular flexibility index (Phi) is 3.66. The number of halogens is 3. The first-order valence-electron chi connectivity index (χ1n) is 5.75. The molecule has 1 aliphatic heterocycles. The van der Waals surface area contributed by atoms with Crippen molar-refractivity contribution in [2.45, 2.75) is 12.2 Å². The molecule has 2 rings (SSSR count). The van der Waals surface area contributed by atoms with E-state index in [4.69, 9.17) is 5.11 Å². The summed E-state index contributed by atoms with van der Waals surface area (Å²) in [5, 5.41) is 11.4. The van der Waals surface area contributed by atoms with Crippen LogP contribution in [0.3, 0.4) is 0 Å². The van der Waals surface area contributed by atoms with Gasteiger partial charge in [0.05, 0.1) is 18.2 Å². The summed E-state index contributed by atoms with van der Waals surface area (Å²) in [6.07, 6.45) is -4.36. The summed E-state index contributed by atoms with van der Waals surface area (Å²) in [7, 11) is 0. The Balaban J connectivity index is 2.10. The Bertz CT molecular complexity index is 459. The van der Waals surface area contributed by atoms with Gasteiger partial charge in [-0.15, -0.1) is 0 Å². The number of urea groups is 1. The maximum atomic E-state index is 12.4. The number of aliphatic hydroxyl groups is 1. The van der Waals surface area contributed by atoms with Crippen molar-refractivity contribution >= 4 is 6.03 Å². The number of nitrogens with one attached hydrogen (secondary N) is 1. The van der Waals surface area contributed by atoms with Gasteiger partial charge < -0.3 is 15.3 Å². The molecule has 1 heterocycles. The molecule has 1 saturated heterocycles. The van der Waals surface area contributed by atoms with Gasteiger partial charge in [0.2, 0.25) is 0 Å². The van der Waals surface area contributed by atoms with Gasteiger partial charge in [0, 0.05) is 13.1 Å². The molecule has 104 valence electrons. The molecule has 1 aromatic carbocycles. The van der Waals surface area contributed by atoms with E-state index in [0.29, 0.717) is 12.1 Å². The topological polar surface area (TPSA) is 52.6 Å². The monoisotopic (exact) mass is 274 g/mol. The van der Waals surface area contributed by atoms with Crippen molar-refractivity contribution in [2.24, 2.45) is 0 Å². The van der Waals surface area contributed by atoms with E-state index in [1.165, 1.54) is 17.0 Å². The number of rotatable bonds is 3. The van der Waals surface area contributed by atoms with Gasteiger partial charge in [-0.25, -0.2) is 4.79 Å². The molecule has 2 amide bonds. The molecule has 1 aromatic rings. The predicted octanol–water partition coefficient (Wildman–Crippen LogP) is 1.76. The van der Waals surface area contributed by atoms with Crippen LogP contribution in [0.2, 0.25) is 0 Å². The molecular formula is C12H13F3N2O2. The lowest BCUT2D eigenvalue weighted by Gasteiger charge is -2.13. The Morgan fingerprint density at radius 3 is 2.47 bits per heavy atom. The van der Waals surface area contributed by atoms with Gasteiger partial charge in [-0.1, -0.05) is 12.1 Å². The van der Waals surface area contributed by atoms with E-state index in [0.717, 1.165) is 12.1 Å². The molecule has 0 bridgehead atoms. The van der Waals surface area contributed by atoms with Gasteiger partial charge in [-0.3, -0.25) is 0 Å². The molecule has 1 unspecified atom stereocenters. The average Bonchev–Trinajstić information content (AvgIpc) is 2.71. The van der Waals surface area contributed by atoms with E-state index < -0.39 is 11.7 Å². The summed E-state index contributed by atoms with van der Waals surface area (Å²) < 4.78 is 37.2. The van der Waals surface area contributed by atoms with Crippen LogP contribution in [0, 0.1) is 0 Å². The molecule has 1 atom stereocenters. The largest absolute Gasteiger partial charge is 0.416 e. The quantitative estimate of drug-likeness (QED) is 0.882. The molecule has 4 nitrogen and oxygen atoms in total. The highest BCUT2D eigenvalue weighted by molar-refractivity contribution is 5.77. The fourth-order valence-corrected chi connectivity index (χ4v) is 2.00. The fraction of sp³-hybridized carbons (Fsp3) is 0.417. The van der Waals surface area contributed by atoms with Crippen LogP contribution in [0.1, 0.15) is 17.2 Å². The minimum absolute atomic E-state index is 0.146. The van der Waals surface area contributed by atoms with Crippen LogP contribution in [0.15, 0.2) is 24.3 Å². The van der Waals surface area contributed by atoms with Crippen molar-refractivity contribution in [2.75, 3.05) is 19.7 Å². The first kappa shape index (κ1) is 13.7. The third-order valence-electron chi connectivity index (χ3n) is 3.00. The number of β-amino-alcohol motifs (C(OH)–C–C–N with tert-alkyl or cyclic N) is 1. The zero-order valence-corrected chi connectivity index (χ0v) is 9.94. The highest BCUT2D eigenvalue weighted by Gasteiger charge is 2.32. The van der Waals surface area contributed by atoms with Crippen LogP contribution in [-0.2, 0) is 6.18 Å². The number of hydrogen-bond donors (Lipinski definition) is 2. The molecule has 0 spiro atoms. The van der Waals surface area contributed by atoms with Gasteiger partial charge in [0.25, 0.3) is 0 Å². The molecule has 19 heavy (non-hydrogen) atoms. The second-order valence-electron chi connectivity index (χ2n) is 4.29. The van der Waals surface area contributed by atoms with Crippen LogP contribution >= 0.6 is 0 Å². The van der Waals surface area contributed by atoms with Gasteiger partial charge in [0.15, 0.2) is 0 Å². The van der Waals surface area contributed by atoms with Crippen LogP contribution in [0.4, 0.5) is 18.0 Å². The smallest absolute Gasteiger partial charge is 0.395 e. The van der Waals surface area contributed by atoms with Crippen LogP contribution in [0.25, 0.3) is 0 Å². The summed E-state index contributed by atoms with van der Waals surface area (Å²) in [6.45, 7) is 0.404. The van der Waals surface area contributed by atoms with E-state index in [9.17, 15) is 18.0 Å². The highest BCUT2D eigenvalue weighted by Crippen LogP contribution is 2.30. The lowest BCUT2D eigenvalue weighted by molar-refractivity contribution is -0.137. The Morgan fingerprint density at radius 1 is 1.32 bits per heavy atom. The van der Waals surface area contributed by atoms with E-state index in [1.54, 1.807) is 0 Å². The Morgan fingerprint density at radius 2 is 1.95 bits per heavy atom. The number of nitrogens with zero attached hydrogens (tertiary/aromatic N) is 1. The summed E-state index contributed by atoms with van der Waals surface area (Å²) >= 11 is 0. The van der Waals surface area contributed by atoms with Gasteiger partial charge in [0.1, 0.15) is 0 Å². The van der Waals surface area contributed by atoms with Crippen LogP contribution in [0.5, 0.6) is 0 Å². The first-order valence-corrected chi connectivity index (χ1v) is 5.75. The van der Waals surface area contributed by atoms with Crippen molar-refractivity contribution in [1.29, 1.82) is 0 Å². The zero-order chi connectivity index (χ0) is 14.0. The van der Waals surface area contributed by atoms with Crippen molar-refractivity contribution < 1.29 is 23.1 Å². The molecular weight excluding hydrogens is 261 g/mol. The lowest BCUT2D eigenvalue weighted by atomic mass is 10.1. The molecule has 1 fully saturated rings. The lowest BCUT2D eigenvalue weighted by Crippen LogP contribution is -2.30. The highest BCUT2D eigenvalue weighted by atomic mass is 19.4. The van der Waals surface area contributed by atoms with Gasteiger partial charge in [-0.2, -0.15) is 13.2 Å². The third-order valence-corrected chi connectivity index (χ3v) is 3.00. The van der Waals surface area contributed by atoms with Crippen LogP contribution < -0.4 is 5.32 Å². The summed E-state index contributed by atoms with van der Waals surface area (Å²) in [6, 6.07) is 4.04. The van der Waals surface area contributed by atoms with E-state index in [1.807, 2.05) is 0 Å². The van der Waals surface area contributed by atoms with E-state index in [2.05, 4.69) is 5.32 Å². The Hall–Kier alpha value is -1.76. The third kappa shape index (κ3) is 2.98. The number of alkyl halides is 3. The number of amides is 2. The molecule has 7 heteroatoms. The second-order valence-corrected chi connectivity index (χ2v) is 4.29.